The van der Waals surface area contributed by atoms with E-state index in [1.165, 1.54) is 57.8 Å². The van der Waals surface area contributed by atoms with Crippen molar-refractivity contribution in [2.75, 3.05) is 0 Å². The molecule has 0 aromatic rings. The van der Waals surface area contributed by atoms with Crippen molar-refractivity contribution >= 4 is 0 Å². The summed E-state index contributed by atoms with van der Waals surface area (Å²) in [6.45, 7) is 18.5. The van der Waals surface area contributed by atoms with Crippen LogP contribution in [0.2, 0.25) is 0 Å². The van der Waals surface area contributed by atoms with Crippen LogP contribution in [0.5, 0.6) is 0 Å². The molecule has 172 valence electrons. The van der Waals surface area contributed by atoms with E-state index in [2.05, 4.69) is 41.5 Å². The van der Waals surface area contributed by atoms with Gasteiger partial charge in [-0.1, -0.05) is 68.2 Å². The highest BCUT2D eigenvalue weighted by Gasteiger charge is 2.60. The summed E-state index contributed by atoms with van der Waals surface area (Å²) in [6, 6.07) is 0. The van der Waals surface area contributed by atoms with Crippen molar-refractivity contribution in [2.45, 2.75) is 132 Å². The van der Waals surface area contributed by atoms with Gasteiger partial charge >= 0.3 is 0 Å². The van der Waals surface area contributed by atoms with E-state index < -0.39 is 0 Å². The molecule has 4 rings (SSSR count). The normalized spacial score (nSPS) is 46.7. The molecule has 0 aromatic carbocycles. The van der Waals surface area contributed by atoms with E-state index in [9.17, 15) is 5.11 Å². The van der Waals surface area contributed by atoms with Crippen molar-refractivity contribution in [1.29, 1.82) is 0 Å². The second-order valence-electron chi connectivity index (χ2n) is 11.4. The maximum Gasteiger partial charge on any atom is 0.0543 e. The van der Waals surface area contributed by atoms with E-state index in [0.717, 1.165) is 48.3 Å². The number of hydrogen-bond acceptors (Lipinski definition) is 1. The fraction of sp³-hybridized carbons (Fsp3) is 1.00. The quantitative estimate of drug-likeness (QED) is 0.487. The van der Waals surface area contributed by atoms with Crippen molar-refractivity contribution in [1.82, 2.24) is 0 Å². The van der Waals surface area contributed by atoms with Crippen LogP contribution in [-0.2, 0) is 0 Å². The summed E-state index contributed by atoms with van der Waals surface area (Å²) in [5.74, 6) is 5.64. The molecule has 0 heterocycles. The molecular weight excluding hydrogens is 352 g/mol. The molecule has 1 N–H and O–H groups in total. The lowest BCUT2D eigenvalue weighted by Crippen LogP contribution is -2.54. The Kier molecular flexibility index (Phi) is 9.15. The minimum Gasteiger partial charge on any atom is -0.393 e. The summed E-state index contributed by atoms with van der Waals surface area (Å²) in [6.07, 6.45) is 14.9. The molecule has 0 bridgehead atoms. The van der Waals surface area contributed by atoms with Crippen molar-refractivity contribution in [2.24, 2.45) is 46.3 Å². The summed E-state index contributed by atoms with van der Waals surface area (Å²) in [5.41, 5.74) is 1.17. The van der Waals surface area contributed by atoms with Crippen LogP contribution in [0.3, 0.4) is 0 Å². The SMILES string of the molecule is CC.CCC.CCC(C)C1CCC2C3CCC4CC(O)CCC4(C)C3CCC12C. The Labute approximate surface area is 183 Å². The summed E-state index contributed by atoms with van der Waals surface area (Å²) >= 11 is 0. The minimum absolute atomic E-state index is 0.00486. The smallest absolute Gasteiger partial charge is 0.0543 e. The Morgan fingerprint density at radius 3 is 2.03 bits per heavy atom. The van der Waals surface area contributed by atoms with Crippen LogP contribution in [0.15, 0.2) is 0 Å². The van der Waals surface area contributed by atoms with Crippen LogP contribution in [0.1, 0.15) is 126 Å². The van der Waals surface area contributed by atoms with Crippen LogP contribution in [0.25, 0.3) is 0 Å². The molecular formula is C28H54O. The maximum atomic E-state index is 10.2. The van der Waals surface area contributed by atoms with Gasteiger partial charge in [0.1, 0.15) is 0 Å². The van der Waals surface area contributed by atoms with Gasteiger partial charge in [-0.2, -0.15) is 0 Å². The Morgan fingerprint density at radius 2 is 1.41 bits per heavy atom. The first-order valence-corrected chi connectivity index (χ1v) is 13.5. The molecule has 0 amide bonds. The average molecular weight is 407 g/mol. The van der Waals surface area contributed by atoms with Gasteiger partial charge < -0.3 is 5.11 Å². The third kappa shape index (κ3) is 4.61. The molecule has 4 fully saturated rings. The Balaban J connectivity index is 0.000000551. The third-order valence-electron chi connectivity index (χ3n) is 10.0. The van der Waals surface area contributed by atoms with E-state index >= 15 is 0 Å². The molecule has 0 aliphatic heterocycles. The van der Waals surface area contributed by atoms with Gasteiger partial charge in [-0.3, -0.25) is 0 Å². The van der Waals surface area contributed by atoms with E-state index in [4.69, 9.17) is 0 Å². The molecule has 4 saturated carbocycles. The summed E-state index contributed by atoms with van der Waals surface area (Å²) in [7, 11) is 0. The molecule has 4 aliphatic rings. The predicted molar refractivity (Wildman–Crippen MR) is 128 cm³/mol. The fourth-order valence-electron chi connectivity index (χ4n) is 8.50. The number of rotatable bonds is 2. The van der Waals surface area contributed by atoms with Gasteiger partial charge in [-0.15, -0.1) is 0 Å². The molecule has 0 radical (unpaired) electrons. The standard InChI is InChI=1S/C23H40O.C3H8.C2H6/c1-5-15(2)19-8-9-20-18-7-6-16-14-17(24)10-12-22(16,3)21(18)11-13-23(19,20)4;1-3-2;1-2/h15-21,24H,5-14H2,1-4H3;3H2,1-2H3;1-2H3. The first-order valence-electron chi connectivity index (χ1n) is 13.5. The molecule has 1 heteroatoms. The van der Waals surface area contributed by atoms with Crippen molar-refractivity contribution in [3.63, 3.8) is 0 Å². The molecule has 0 spiro atoms. The Bertz CT molecular complexity index is 487. The maximum absolute atomic E-state index is 10.2. The van der Waals surface area contributed by atoms with E-state index in [1.807, 2.05) is 13.8 Å². The first-order chi connectivity index (χ1) is 13.8. The van der Waals surface area contributed by atoms with Crippen LogP contribution in [0.4, 0.5) is 0 Å². The predicted octanol–water partition coefficient (Wildman–Crippen LogP) is 8.49. The zero-order chi connectivity index (χ0) is 21.8. The lowest BCUT2D eigenvalue weighted by Gasteiger charge is -2.61. The summed E-state index contributed by atoms with van der Waals surface area (Å²) in [4.78, 5) is 0. The van der Waals surface area contributed by atoms with E-state index in [1.54, 1.807) is 0 Å². The third-order valence-corrected chi connectivity index (χ3v) is 10.0. The van der Waals surface area contributed by atoms with E-state index in [0.29, 0.717) is 10.8 Å². The second-order valence-corrected chi connectivity index (χ2v) is 11.4. The topological polar surface area (TPSA) is 20.2 Å². The lowest BCUT2D eigenvalue weighted by molar-refractivity contribution is -0.129. The van der Waals surface area contributed by atoms with E-state index in [-0.39, 0.29) is 6.10 Å². The molecule has 9 unspecified atom stereocenters. The fourth-order valence-corrected chi connectivity index (χ4v) is 8.50. The van der Waals surface area contributed by atoms with Crippen LogP contribution in [-0.4, -0.2) is 11.2 Å². The number of aliphatic hydroxyl groups is 1. The van der Waals surface area contributed by atoms with Crippen LogP contribution < -0.4 is 0 Å². The lowest BCUT2D eigenvalue weighted by atomic mass is 9.44. The molecule has 0 aromatic heterocycles. The van der Waals surface area contributed by atoms with Gasteiger partial charge in [0.25, 0.3) is 0 Å². The molecule has 1 nitrogen and oxygen atoms in total. The zero-order valence-electron chi connectivity index (χ0n) is 21.3. The highest BCUT2D eigenvalue weighted by molar-refractivity contribution is 5.09. The van der Waals surface area contributed by atoms with Crippen molar-refractivity contribution in [3.05, 3.63) is 0 Å². The monoisotopic (exact) mass is 406 g/mol. The molecule has 9 atom stereocenters. The first kappa shape index (κ1) is 25.2. The average Bonchev–Trinajstić information content (AvgIpc) is 3.07. The highest BCUT2D eigenvalue weighted by Crippen LogP contribution is 2.68. The van der Waals surface area contributed by atoms with Crippen LogP contribution >= 0.6 is 0 Å². The Morgan fingerprint density at radius 1 is 0.828 bits per heavy atom. The molecule has 4 aliphatic carbocycles. The van der Waals surface area contributed by atoms with Crippen molar-refractivity contribution in [3.8, 4) is 0 Å². The van der Waals surface area contributed by atoms with Crippen molar-refractivity contribution < 1.29 is 5.11 Å². The summed E-state index contributed by atoms with van der Waals surface area (Å²) < 4.78 is 0. The van der Waals surface area contributed by atoms with Gasteiger partial charge in [-0.25, -0.2) is 0 Å². The van der Waals surface area contributed by atoms with Gasteiger partial charge in [0.2, 0.25) is 0 Å². The molecule has 29 heavy (non-hydrogen) atoms. The van der Waals surface area contributed by atoms with Gasteiger partial charge in [-0.05, 0) is 104 Å². The van der Waals surface area contributed by atoms with Crippen LogP contribution in [0, 0.1) is 46.3 Å². The second kappa shape index (κ2) is 10.5. The number of fused-ring (bicyclic) bond motifs is 5. The highest BCUT2D eigenvalue weighted by atomic mass is 16.3. The van der Waals surface area contributed by atoms with Gasteiger partial charge in [0.15, 0.2) is 0 Å². The van der Waals surface area contributed by atoms with Gasteiger partial charge in [0.05, 0.1) is 6.10 Å². The summed E-state index contributed by atoms with van der Waals surface area (Å²) in [5, 5.41) is 10.2. The molecule has 0 saturated heterocycles. The van der Waals surface area contributed by atoms with Gasteiger partial charge in [0, 0.05) is 0 Å². The largest absolute Gasteiger partial charge is 0.393 e. The number of aliphatic hydroxyl groups excluding tert-OH is 1. The minimum atomic E-state index is -0.00486. The Hall–Kier alpha value is -0.0400. The number of hydrogen-bond donors (Lipinski definition) is 1. The zero-order valence-corrected chi connectivity index (χ0v) is 21.3.